The first-order valence-electron chi connectivity index (χ1n) is 8.24. The molecular weight excluding hydrogens is 236 g/mol. The Kier molecular flexibility index (Phi) is 6.15. The summed E-state index contributed by atoms with van der Waals surface area (Å²) in [7, 11) is 2.03. The normalized spacial score (nSPS) is 28.5. The van der Waals surface area contributed by atoms with Crippen molar-refractivity contribution in [3.63, 3.8) is 0 Å². The summed E-state index contributed by atoms with van der Waals surface area (Å²) in [6, 6.07) is 1.10. The molecule has 0 aromatic heterocycles. The topological polar surface area (TPSA) is 41.1 Å². The number of nitrogens with one attached hydrogen (secondary N) is 2. The molecule has 2 aliphatic carbocycles. The summed E-state index contributed by atoms with van der Waals surface area (Å²) in [6.45, 7) is 0. The Morgan fingerprint density at radius 3 is 2.26 bits per heavy atom. The van der Waals surface area contributed by atoms with Crippen molar-refractivity contribution in [1.29, 1.82) is 0 Å². The molecule has 0 aromatic rings. The van der Waals surface area contributed by atoms with Crippen LogP contribution in [0.3, 0.4) is 0 Å². The van der Waals surface area contributed by atoms with Gasteiger partial charge in [0.15, 0.2) is 0 Å². The molecule has 0 spiro atoms. The third-order valence-corrected chi connectivity index (χ3v) is 4.99. The first kappa shape index (κ1) is 14.8. The van der Waals surface area contributed by atoms with E-state index in [0.717, 1.165) is 31.6 Å². The number of hydrogen-bond donors (Lipinski definition) is 2. The van der Waals surface area contributed by atoms with Crippen molar-refractivity contribution < 1.29 is 4.79 Å². The maximum atomic E-state index is 11.9. The van der Waals surface area contributed by atoms with Gasteiger partial charge in [0.2, 0.25) is 5.91 Å². The first-order chi connectivity index (χ1) is 9.28. The highest BCUT2D eigenvalue weighted by atomic mass is 16.1. The molecule has 19 heavy (non-hydrogen) atoms. The van der Waals surface area contributed by atoms with Crippen molar-refractivity contribution in [1.82, 2.24) is 10.6 Å². The second kappa shape index (κ2) is 7.88. The van der Waals surface area contributed by atoms with Crippen LogP contribution in [0, 0.1) is 5.92 Å². The fraction of sp³-hybridized carbons (Fsp3) is 0.938. The lowest BCUT2D eigenvalue weighted by Crippen LogP contribution is -2.41. The summed E-state index contributed by atoms with van der Waals surface area (Å²) in [5, 5.41) is 6.55. The smallest absolute Gasteiger partial charge is 0.220 e. The molecule has 0 atom stereocenters. The molecule has 2 fully saturated rings. The number of carbonyl (C=O) groups excluding carboxylic acids is 1. The van der Waals surface area contributed by atoms with Crippen LogP contribution >= 0.6 is 0 Å². The monoisotopic (exact) mass is 266 g/mol. The van der Waals surface area contributed by atoms with Crippen LogP contribution in [0.4, 0.5) is 0 Å². The van der Waals surface area contributed by atoms with E-state index in [1.165, 1.54) is 44.9 Å². The van der Waals surface area contributed by atoms with Gasteiger partial charge in [0.25, 0.3) is 0 Å². The van der Waals surface area contributed by atoms with Crippen molar-refractivity contribution >= 4 is 5.91 Å². The molecule has 1 amide bonds. The molecule has 0 unspecified atom stereocenters. The van der Waals surface area contributed by atoms with Gasteiger partial charge in [-0.05, 0) is 51.5 Å². The fourth-order valence-corrected chi connectivity index (χ4v) is 3.68. The van der Waals surface area contributed by atoms with Gasteiger partial charge in [0.1, 0.15) is 0 Å². The van der Waals surface area contributed by atoms with Gasteiger partial charge in [-0.2, -0.15) is 0 Å². The van der Waals surface area contributed by atoms with Gasteiger partial charge in [-0.3, -0.25) is 4.79 Å². The number of amides is 1. The Morgan fingerprint density at radius 2 is 1.63 bits per heavy atom. The summed E-state index contributed by atoms with van der Waals surface area (Å²) in [5.74, 6) is 1.20. The maximum Gasteiger partial charge on any atom is 0.220 e. The van der Waals surface area contributed by atoms with Gasteiger partial charge in [-0.15, -0.1) is 0 Å². The lowest BCUT2D eigenvalue weighted by molar-refractivity contribution is -0.122. The molecule has 0 aromatic carbocycles. The molecule has 2 rings (SSSR count). The largest absolute Gasteiger partial charge is 0.353 e. The van der Waals surface area contributed by atoms with Gasteiger partial charge >= 0.3 is 0 Å². The lowest BCUT2D eigenvalue weighted by Gasteiger charge is -2.28. The van der Waals surface area contributed by atoms with E-state index in [4.69, 9.17) is 0 Å². The number of rotatable bonds is 6. The Balaban J connectivity index is 1.54. The lowest BCUT2D eigenvalue weighted by atomic mass is 9.91. The molecule has 2 saturated carbocycles. The summed E-state index contributed by atoms with van der Waals surface area (Å²) in [5.41, 5.74) is 0. The second-order valence-electron chi connectivity index (χ2n) is 6.45. The van der Waals surface area contributed by atoms with E-state index < -0.39 is 0 Å². The van der Waals surface area contributed by atoms with Crippen LogP contribution in [-0.2, 0) is 4.79 Å². The highest BCUT2D eigenvalue weighted by molar-refractivity contribution is 5.76. The predicted molar refractivity (Wildman–Crippen MR) is 79.1 cm³/mol. The van der Waals surface area contributed by atoms with E-state index in [1.807, 2.05) is 7.05 Å². The molecule has 0 aliphatic heterocycles. The number of carbonyl (C=O) groups is 1. The Hall–Kier alpha value is -0.570. The van der Waals surface area contributed by atoms with Crippen LogP contribution in [0.5, 0.6) is 0 Å². The standard InChI is InChI=1S/C16H30N2O/c1-17-14-9-11-15(12-10-14)18-16(19)8-4-7-13-5-2-3-6-13/h13-15,17H,2-12H2,1H3,(H,18,19). The Morgan fingerprint density at radius 1 is 1.00 bits per heavy atom. The molecule has 0 saturated heterocycles. The van der Waals surface area contributed by atoms with Crippen molar-refractivity contribution in [2.45, 2.75) is 82.7 Å². The molecule has 0 heterocycles. The molecule has 2 N–H and O–H groups in total. The Bertz CT molecular complexity index is 266. The quantitative estimate of drug-likeness (QED) is 0.776. The van der Waals surface area contributed by atoms with Crippen molar-refractivity contribution in [2.75, 3.05) is 7.05 Å². The van der Waals surface area contributed by atoms with Crippen LogP contribution in [0.1, 0.15) is 70.6 Å². The minimum Gasteiger partial charge on any atom is -0.353 e. The van der Waals surface area contributed by atoms with E-state index in [-0.39, 0.29) is 5.91 Å². The molecule has 110 valence electrons. The summed E-state index contributed by atoms with van der Waals surface area (Å²) >= 11 is 0. The molecule has 2 aliphatic rings. The fourth-order valence-electron chi connectivity index (χ4n) is 3.68. The summed E-state index contributed by atoms with van der Waals surface area (Å²) < 4.78 is 0. The Labute approximate surface area is 117 Å². The summed E-state index contributed by atoms with van der Waals surface area (Å²) in [4.78, 5) is 11.9. The van der Waals surface area contributed by atoms with Crippen molar-refractivity contribution in [3.8, 4) is 0 Å². The van der Waals surface area contributed by atoms with Gasteiger partial charge < -0.3 is 10.6 Å². The van der Waals surface area contributed by atoms with Gasteiger partial charge in [0.05, 0.1) is 0 Å². The van der Waals surface area contributed by atoms with Crippen molar-refractivity contribution in [3.05, 3.63) is 0 Å². The zero-order valence-electron chi connectivity index (χ0n) is 12.4. The molecular formula is C16H30N2O. The second-order valence-corrected chi connectivity index (χ2v) is 6.45. The van der Waals surface area contributed by atoms with E-state index in [2.05, 4.69) is 10.6 Å². The van der Waals surface area contributed by atoms with Crippen molar-refractivity contribution in [2.24, 2.45) is 5.92 Å². The zero-order chi connectivity index (χ0) is 13.5. The van der Waals surface area contributed by atoms with Gasteiger partial charge in [0, 0.05) is 18.5 Å². The van der Waals surface area contributed by atoms with Crippen LogP contribution in [0.2, 0.25) is 0 Å². The third kappa shape index (κ3) is 5.13. The predicted octanol–water partition coefficient (Wildman–Crippen LogP) is 2.99. The van der Waals surface area contributed by atoms with Crippen LogP contribution < -0.4 is 10.6 Å². The SMILES string of the molecule is CNC1CCC(NC(=O)CCCC2CCCC2)CC1. The molecule has 3 nitrogen and oxygen atoms in total. The average molecular weight is 266 g/mol. The molecule has 0 bridgehead atoms. The van der Waals surface area contributed by atoms with E-state index in [9.17, 15) is 4.79 Å². The minimum atomic E-state index is 0.283. The highest BCUT2D eigenvalue weighted by Crippen LogP contribution is 2.28. The van der Waals surface area contributed by atoms with Gasteiger partial charge in [-0.25, -0.2) is 0 Å². The average Bonchev–Trinajstić information content (AvgIpc) is 2.93. The van der Waals surface area contributed by atoms with E-state index in [0.29, 0.717) is 12.1 Å². The van der Waals surface area contributed by atoms with E-state index in [1.54, 1.807) is 0 Å². The number of hydrogen-bond acceptors (Lipinski definition) is 2. The minimum absolute atomic E-state index is 0.283. The van der Waals surface area contributed by atoms with E-state index >= 15 is 0 Å². The molecule has 3 heteroatoms. The zero-order valence-corrected chi connectivity index (χ0v) is 12.4. The maximum absolute atomic E-state index is 11.9. The van der Waals surface area contributed by atoms with Crippen LogP contribution in [-0.4, -0.2) is 25.0 Å². The highest BCUT2D eigenvalue weighted by Gasteiger charge is 2.21. The third-order valence-electron chi connectivity index (χ3n) is 4.99. The summed E-state index contributed by atoms with van der Waals surface area (Å²) in [6.07, 6.45) is 13.4. The van der Waals surface area contributed by atoms with Crippen LogP contribution in [0.15, 0.2) is 0 Å². The van der Waals surface area contributed by atoms with Crippen LogP contribution in [0.25, 0.3) is 0 Å². The van der Waals surface area contributed by atoms with Gasteiger partial charge in [-0.1, -0.05) is 25.7 Å². The first-order valence-corrected chi connectivity index (χ1v) is 8.24. The molecule has 0 radical (unpaired) electrons.